The third kappa shape index (κ3) is 5.78. The van der Waals surface area contributed by atoms with Crippen LogP contribution in [-0.4, -0.2) is 43.0 Å². The summed E-state index contributed by atoms with van der Waals surface area (Å²) in [6, 6.07) is 11.1. The van der Waals surface area contributed by atoms with Crippen LogP contribution in [0.4, 0.5) is 0 Å². The van der Waals surface area contributed by atoms with Gasteiger partial charge in [0.15, 0.2) is 0 Å². The van der Waals surface area contributed by atoms with Crippen LogP contribution in [0.5, 0.6) is 0 Å². The van der Waals surface area contributed by atoms with E-state index in [9.17, 15) is 19.2 Å². The molecular formula is C21H24N2O6. The minimum absolute atomic E-state index is 0.0439. The Bertz CT molecular complexity index is 911. The van der Waals surface area contributed by atoms with Crippen molar-refractivity contribution in [3.63, 3.8) is 0 Å². The fourth-order valence-corrected chi connectivity index (χ4v) is 2.91. The highest BCUT2D eigenvalue weighted by molar-refractivity contribution is 6.01. The van der Waals surface area contributed by atoms with E-state index in [-0.39, 0.29) is 18.8 Å². The average Bonchev–Trinajstić information content (AvgIpc) is 2.70. The molecule has 0 heterocycles. The highest BCUT2D eigenvalue weighted by Gasteiger charge is 2.37. The number of benzene rings is 2. The van der Waals surface area contributed by atoms with E-state index in [1.165, 1.54) is 0 Å². The Hall–Kier alpha value is -3.42. The number of hydrogen-bond donors (Lipinski definition) is 2. The smallest absolute Gasteiger partial charge is 0.312 e. The Kier molecular flexibility index (Phi) is 7.70. The Morgan fingerprint density at radius 2 is 1.62 bits per heavy atom. The van der Waals surface area contributed by atoms with Gasteiger partial charge in [0.05, 0.1) is 25.6 Å². The molecule has 0 saturated carbocycles. The van der Waals surface area contributed by atoms with Gasteiger partial charge in [0.2, 0.25) is 5.91 Å². The molecule has 2 aromatic carbocycles. The summed E-state index contributed by atoms with van der Waals surface area (Å²) >= 11 is 0. The predicted molar refractivity (Wildman–Crippen MR) is 106 cm³/mol. The molecule has 0 aliphatic rings. The number of nitrogens with one attached hydrogen (secondary N) is 1. The van der Waals surface area contributed by atoms with Crippen LogP contribution in [-0.2, 0) is 23.9 Å². The quantitative estimate of drug-likeness (QED) is 0.616. The van der Waals surface area contributed by atoms with Crippen molar-refractivity contribution in [2.75, 3.05) is 13.2 Å². The fourth-order valence-electron chi connectivity index (χ4n) is 2.91. The standard InChI is InChI=1S/C21H24N2O6/c1-3-28-17(24)12-16(21(27)29-4-2)18(19(22)25)23-20(26)15-10-9-13-7-5-6-8-14(13)11-15/h5-11,16,18H,3-4,12H2,1-2H3,(H2,22,25)(H,23,26)/t16-,18-/m1/s1. The minimum atomic E-state index is -1.43. The first kappa shape index (κ1) is 21.9. The van der Waals surface area contributed by atoms with Crippen LogP contribution in [0.3, 0.4) is 0 Å². The summed E-state index contributed by atoms with van der Waals surface area (Å²) in [5, 5.41) is 4.25. The van der Waals surface area contributed by atoms with Crippen molar-refractivity contribution in [1.82, 2.24) is 5.32 Å². The highest BCUT2D eigenvalue weighted by atomic mass is 16.5. The van der Waals surface area contributed by atoms with Gasteiger partial charge in [-0.15, -0.1) is 0 Å². The molecule has 0 aromatic heterocycles. The number of ether oxygens (including phenoxy) is 2. The van der Waals surface area contributed by atoms with Gasteiger partial charge >= 0.3 is 11.9 Å². The molecule has 2 rings (SSSR count). The largest absolute Gasteiger partial charge is 0.466 e. The van der Waals surface area contributed by atoms with E-state index in [0.717, 1.165) is 10.8 Å². The maximum absolute atomic E-state index is 12.7. The van der Waals surface area contributed by atoms with E-state index in [4.69, 9.17) is 15.2 Å². The lowest BCUT2D eigenvalue weighted by molar-refractivity contribution is -0.156. The van der Waals surface area contributed by atoms with E-state index in [0.29, 0.717) is 0 Å². The summed E-state index contributed by atoms with van der Waals surface area (Å²) < 4.78 is 9.81. The van der Waals surface area contributed by atoms with Gasteiger partial charge in [-0.05, 0) is 36.8 Å². The molecule has 3 N–H and O–H groups in total. The SMILES string of the molecule is CCOC(=O)C[C@@H](C(=O)OCC)[C@@H](NC(=O)c1ccc2ccccc2c1)C(N)=O. The van der Waals surface area contributed by atoms with Gasteiger partial charge in [0.25, 0.3) is 5.91 Å². The molecule has 2 atom stereocenters. The summed E-state index contributed by atoms with van der Waals surface area (Å²) in [6.07, 6.45) is -0.446. The van der Waals surface area contributed by atoms with E-state index in [1.54, 1.807) is 32.0 Å². The third-order valence-corrected chi connectivity index (χ3v) is 4.29. The second kappa shape index (κ2) is 10.2. The summed E-state index contributed by atoms with van der Waals surface area (Å²) in [6.45, 7) is 3.36. The summed E-state index contributed by atoms with van der Waals surface area (Å²) in [5.74, 6) is -4.37. The number of rotatable bonds is 9. The Balaban J connectivity index is 2.27. The number of fused-ring (bicyclic) bond motifs is 1. The lowest BCUT2D eigenvalue weighted by atomic mass is 9.94. The fraction of sp³-hybridized carbons (Fsp3) is 0.333. The maximum atomic E-state index is 12.7. The van der Waals surface area contributed by atoms with Crippen LogP contribution in [0.25, 0.3) is 10.8 Å². The van der Waals surface area contributed by atoms with Crippen molar-refractivity contribution >= 4 is 34.5 Å². The Morgan fingerprint density at radius 1 is 0.966 bits per heavy atom. The zero-order chi connectivity index (χ0) is 21.4. The average molecular weight is 400 g/mol. The van der Waals surface area contributed by atoms with Crippen molar-refractivity contribution in [3.8, 4) is 0 Å². The monoisotopic (exact) mass is 400 g/mol. The van der Waals surface area contributed by atoms with E-state index >= 15 is 0 Å². The number of carbonyl (C=O) groups excluding carboxylic acids is 4. The molecule has 0 aliphatic heterocycles. The first-order chi connectivity index (χ1) is 13.9. The topological polar surface area (TPSA) is 125 Å². The number of amides is 2. The van der Waals surface area contributed by atoms with Crippen LogP contribution in [0.2, 0.25) is 0 Å². The molecule has 8 nitrogen and oxygen atoms in total. The molecule has 0 bridgehead atoms. The number of nitrogens with two attached hydrogens (primary N) is 1. The molecule has 0 unspecified atom stereocenters. The van der Waals surface area contributed by atoms with Crippen LogP contribution < -0.4 is 11.1 Å². The van der Waals surface area contributed by atoms with Crippen LogP contribution in [0.15, 0.2) is 42.5 Å². The molecule has 0 saturated heterocycles. The second-order valence-corrected chi connectivity index (χ2v) is 6.28. The van der Waals surface area contributed by atoms with Gasteiger partial charge in [-0.25, -0.2) is 0 Å². The van der Waals surface area contributed by atoms with Gasteiger partial charge in [-0.3, -0.25) is 19.2 Å². The minimum Gasteiger partial charge on any atom is -0.466 e. The van der Waals surface area contributed by atoms with Crippen molar-refractivity contribution in [1.29, 1.82) is 0 Å². The molecule has 2 aromatic rings. The molecule has 29 heavy (non-hydrogen) atoms. The first-order valence-electron chi connectivity index (χ1n) is 9.28. The molecule has 0 radical (unpaired) electrons. The molecule has 8 heteroatoms. The lowest BCUT2D eigenvalue weighted by Crippen LogP contribution is -2.52. The van der Waals surface area contributed by atoms with Gasteiger partial charge in [-0.1, -0.05) is 30.3 Å². The Labute approximate surface area is 168 Å². The molecule has 0 aliphatic carbocycles. The molecular weight excluding hydrogens is 376 g/mol. The summed E-state index contributed by atoms with van der Waals surface area (Å²) in [4.78, 5) is 49.0. The Morgan fingerprint density at radius 3 is 2.24 bits per heavy atom. The van der Waals surface area contributed by atoms with E-state index < -0.39 is 42.1 Å². The number of esters is 2. The zero-order valence-electron chi connectivity index (χ0n) is 16.3. The second-order valence-electron chi connectivity index (χ2n) is 6.28. The van der Waals surface area contributed by atoms with Gasteiger partial charge in [0.1, 0.15) is 6.04 Å². The van der Waals surface area contributed by atoms with Gasteiger partial charge in [-0.2, -0.15) is 0 Å². The van der Waals surface area contributed by atoms with Gasteiger partial charge in [0, 0.05) is 5.56 Å². The van der Waals surface area contributed by atoms with Crippen molar-refractivity contribution < 1.29 is 28.7 Å². The highest BCUT2D eigenvalue weighted by Crippen LogP contribution is 2.18. The molecule has 0 spiro atoms. The number of carbonyl (C=O) groups is 4. The maximum Gasteiger partial charge on any atom is 0.312 e. The number of hydrogen-bond acceptors (Lipinski definition) is 6. The van der Waals surface area contributed by atoms with Crippen LogP contribution in [0, 0.1) is 5.92 Å². The predicted octanol–water partition coefficient (Wildman–Crippen LogP) is 1.56. The lowest BCUT2D eigenvalue weighted by Gasteiger charge is -2.23. The molecule has 0 fully saturated rings. The summed E-state index contributed by atoms with van der Waals surface area (Å²) in [5.41, 5.74) is 5.71. The van der Waals surface area contributed by atoms with Crippen molar-refractivity contribution in [3.05, 3.63) is 48.0 Å². The van der Waals surface area contributed by atoms with Crippen LogP contribution in [0.1, 0.15) is 30.6 Å². The van der Waals surface area contributed by atoms with Crippen LogP contribution >= 0.6 is 0 Å². The van der Waals surface area contributed by atoms with E-state index in [1.807, 2.05) is 24.3 Å². The summed E-state index contributed by atoms with van der Waals surface area (Å²) in [7, 11) is 0. The number of primary amides is 1. The third-order valence-electron chi connectivity index (χ3n) is 4.29. The zero-order valence-corrected chi connectivity index (χ0v) is 16.3. The first-order valence-corrected chi connectivity index (χ1v) is 9.28. The van der Waals surface area contributed by atoms with Gasteiger partial charge < -0.3 is 20.5 Å². The van der Waals surface area contributed by atoms with E-state index in [2.05, 4.69) is 5.32 Å². The molecule has 154 valence electrons. The normalized spacial score (nSPS) is 12.6. The molecule has 2 amide bonds. The van der Waals surface area contributed by atoms with Crippen molar-refractivity contribution in [2.24, 2.45) is 11.7 Å². The van der Waals surface area contributed by atoms with Crippen molar-refractivity contribution in [2.45, 2.75) is 26.3 Å².